The van der Waals surface area contributed by atoms with E-state index in [4.69, 9.17) is 9.15 Å². The Morgan fingerprint density at radius 2 is 1.93 bits per heavy atom. The lowest BCUT2D eigenvalue weighted by molar-refractivity contribution is -0.126. The van der Waals surface area contributed by atoms with E-state index in [0.29, 0.717) is 17.5 Å². The summed E-state index contributed by atoms with van der Waals surface area (Å²) in [5, 5.41) is 0.399. The lowest BCUT2D eigenvalue weighted by atomic mass is 10.0. The van der Waals surface area contributed by atoms with Crippen LogP contribution in [0, 0.1) is 6.92 Å². The molecule has 4 rings (SSSR count). The monoisotopic (exact) mass is 391 g/mol. The molecule has 0 radical (unpaired) electrons. The molecule has 3 aromatic rings. The van der Waals surface area contributed by atoms with E-state index in [1.165, 1.54) is 6.92 Å². The van der Waals surface area contributed by atoms with E-state index in [0.717, 1.165) is 35.7 Å². The highest BCUT2D eigenvalue weighted by molar-refractivity contribution is 5.99. The van der Waals surface area contributed by atoms with Crippen LogP contribution in [0.4, 0.5) is 5.69 Å². The number of aryl methyl sites for hydroxylation is 2. The van der Waals surface area contributed by atoms with Gasteiger partial charge in [-0.1, -0.05) is 29.8 Å². The molecule has 0 saturated carbocycles. The molecule has 0 fully saturated rings. The SMILES string of the molecule is Cc1ccc2oc(C(=O)OC(C)C(=O)N3CCCc4ccccc43)cc(=O)c2c1. The molecule has 1 unspecified atom stereocenters. The van der Waals surface area contributed by atoms with Crippen molar-refractivity contribution < 1.29 is 18.7 Å². The van der Waals surface area contributed by atoms with Gasteiger partial charge >= 0.3 is 5.97 Å². The molecule has 29 heavy (non-hydrogen) atoms. The Kier molecular flexibility index (Phi) is 4.92. The molecule has 0 N–H and O–H groups in total. The van der Waals surface area contributed by atoms with Crippen molar-refractivity contribution in [3.63, 3.8) is 0 Å². The second-order valence-electron chi connectivity index (χ2n) is 7.24. The van der Waals surface area contributed by atoms with Crippen molar-refractivity contribution in [2.45, 2.75) is 32.8 Å². The number of ether oxygens (including phenoxy) is 1. The number of esters is 1. The highest BCUT2D eigenvalue weighted by atomic mass is 16.6. The van der Waals surface area contributed by atoms with Gasteiger partial charge in [-0.3, -0.25) is 9.59 Å². The lowest BCUT2D eigenvalue weighted by Crippen LogP contribution is -2.42. The Balaban J connectivity index is 1.54. The Labute approximate surface area is 167 Å². The van der Waals surface area contributed by atoms with Crippen LogP contribution in [0.3, 0.4) is 0 Å². The van der Waals surface area contributed by atoms with Crippen LogP contribution in [0.15, 0.2) is 57.7 Å². The van der Waals surface area contributed by atoms with Crippen LogP contribution in [-0.2, 0) is 16.0 Å². The molecule has 0 aliphatic carbocycles. The summed E-state index contributed by atoms with van der Waals surface area (Å²) < 4.78 is 10.9. The van der Waals surface area contributed by atoms with Gasteiger partial charge < -0.3 is 14.1 Å². The van der Waals surface area contributed by atoms with Gasteiger partial charge in [0.15, 0.2) is 11.5 Å². The number of nitrogens with zero attached hydrogens (tertiary/aromatic N) is 1. The second kappa shape index (κ2) is 7.54. The minimum Gasteiger partial charge on any atom is -0.449 e. The summed E-state index contributed by atoms with van der Waals surface area (Å²) in [6.07, 6.45) is 0.755. The summed E-state index contributed by atoms with van der Waals surface area (Å²) in [6.45, 7) is 3.97. The van der Waals surface area contributed by atoms with Crippen LogP contribution in [0.2, 0.25) is 0 Å². The highest BCUT2D eigenvalue weighted by Crippen LogP contribution is 2.27. The zero-order valence-electron chi connectivity index (χ0n) is 16.3. The largest absolute Gasteiger partial charge is 0.449 e. The average molecular weight is 391 g/mol. The molecular weight excluding hydrogens is 370 g/mol. The van der Waals surface area contributed by atoms with Crippen LogP contribution in [-0.4, -0.2) is 24.5 Å². The Morgan fingerprint density at radius 1 is 1.14 bits per heavy atom. The number of hydrogen-bond acceptors (Lipinski definition) is 5. The van der Waals surface area contributed by atoms with E-state index in [1.807, 2.05) is 31.2 Å². The van der Waals surface area contributed by atoms with Gasteiger partial charge in [-0.15, -0.1) is 0 Å². The minimum absolute atomic E-state index is 0.218. The van der Waals surface area contributed by atoms with Crippen LogP contribution < -0.4 is 10.3 Å². The number of anilines is 1. The highest BCUT2D eigenvalue weighted by Gasteiger charge is 2.29. The zero-order valence-corrected chi connectivity index (χ0v) is 16.3. The minimum atomic E-state index is -1.01. The Hall–Kier alpha value is -3.41. The molecule has 1 aromatic heterocycles. The summed E-state index contributed by atoms with van der Waals surface area (Å²) in [6, 6.07) is 14.0. The number of fused-ring (bicyclic) bond motifs is 2. The van der Waals surface area contributed by atoms with Crippen LogP contribution in [0.1, 0.15) is 35.0 Å². The second-order valence-corrected chi connectivity index (χ2v) is 7.24. The van der Waals surface area contributed by atoms with E-state index in [9.17, 15) is 14.4 Å². The van der Waals surface area contributed by atoms with Gasteiger partial charge in [-0.25, -0.2) is 4.79 Å². The number of rotatable bonds is 3. The Morgan fingerprint density at radius 3 is 2.76 bits per heavy atom. The standard InChI is InChI=1S/C23H21NO5/c1-14-9-10-20-17(12-14)19(25)13-21(29-20)23(27)28-15(2)22(26)24-11-5-7-16-6-3-4-8-18(16)24/h3-4,6,8-10,12-13,15H,5,7,11H2,1-2H3. The topological polar surface area (TPSA) is 76.8 Å². The lowest BCUT2D eigenvalue weighted by Gasteiger charge is -2.31. The van der Waals surface area contributed by atoms with E-state index < -0.39 is 12.1 Å². The molecule has 6 heteroatoms. The van der Waals surface area contributed by atoms with Crippen molar-refractivity contribution in [3.05, 3.63) is 75.6 Å². The molecule has 2 heterocycles. The molecule has 6 nitrogen and oxygen atoms in total. The molecule has 0 bridgehead atoms. The van der Waals surface area contributed by atoms with Gasteiger partial charge in [-0.2, -0.15) is 0 Å². The van der Waals surface area contributed by atoms with E-state index in [-0.39, 0.29) is 17.1 Å². The van der Waals surface area contributed by atoms with Crippen LogP contribution in [0.25, 0.3) is 11.0 Å². The van der Waals surface area contributed by atoms with E-state index in [1.54, 1.807) is 23.1 Å². The summed E-state index contributed by atoms with van der Waals surface area (Å²) in [5.41, 5.74) is 2.84. The Bertz CT molecular complexity index is 1160. The number of carbonyl (C=O) groups excluding carboxylic acids is 2. The smallest absolute Gasteiger partial charge is 0.375 e. The zero-order chi connectivity index (χ0) is 20.5. The summed E-state index contributed by atoms with van der Waals surface area (Å²) in [7, 11) is 0. The first-order valence-electron chi connectivity index (χ1n) is 9.59. The summed E-state index contributed by atoms with van der Waals surface area (Å²) in [5.74, 6) is -1.36. The molecule has 1 aliphatic heterocycles. The van der Waals surface area contributed by atoms with Crippen molar-refractivity contribution in [1.29, 1.82) is 0 Å². The third-order valence-electron chi connectivity index (χ3n) is 5.09. The van der Waals surface area contributed by atoms with Crippen molar-refractivity contribution in [2.24, 2.45) is 0 Å². The molecule has 148 valence electrons. The van der Waals surface area contributed by atoms with Gasteiger partial charge in [0.1, 0.15) is 5.58 Å². The van der Waals surface area contributed by atoms with Crippen LogP contribution >= 0.6 is 0 Å². The molecule has 2 aromatic carbocycles. The van der Waals surface area contributed by atoms with Crippen molar-refractivity contribution in [1.82, 2.24) is 0 Å². The van der Waals surface area contributed by atoms with Gasteiger partial charge in [0, 0.05) is 18.3 Å². The first-order chi connectivity index (χ1) is 13.9. The third kappa shape index (κ3) is 3.66. The van der Waals surface area contributed by atoms with E-state index >= 15 is 0 Å². The normalized spacial score (nSPS) is 14.3. The number of hydrogen-bond donors (Lipinski definition) is 0. The number of benzene rings is 2. The fourth-order valence-corrected chi connectivity index (χ4v) is 3.62. The number of amides is 1. The maximum absolute atomic E-state index is 12.9. The fraction of sp³-hybridized carbons (Fsp3) is 0.261. The first kappa shape index (κ1) is 18.9. The summed E-state index contributed by atoms with van der Waals surface area (Å²) >= 11 is 0. The summed E-state index contributed by atoms with van der Waals surface area (Å²) in [4.78, 5) is 39.4. The molecular formula is C23H21NO5. The number of para-hydroxylation sites is 1. The van der Waals surface area contributed by atoms with Crippen molar-refractivity contribution in [2.75, 3.05) is 11.4 Å². The average Bonchev–Trinajstić information content (AvgIpc) is 2.73. The van der Waals surface area contributed by atoms with Gasteiger partial charge in [0.05, 0.1) is 5.39 Å². The molecule has 1 atom stereocenters. The predicted octanol–water partition coefficient (Wildman–Crippen LogP) is 3.63. The van der Waals surface area contributed by atoms with Gasteiger partial charge in [0.25, 0.3) is 5.91 Å². The van der Waals surface area contributed by atoms with Gasteiger partial charge in [0.2, 0.25) is 5.76 Å². The predicted molar refractivity (Wildman–Crippen MR) is 109 cm³/mol. The maximum Gasteiger partial charge on any atom is 0.375 e. The third-order valence-corrected chi connectivity index (χ3v) is 5.09. The molecule has 1 aliphatic rings. The van der Waals surface area contributed by atoms with Crippen LogP contribution in [0.5, 0.6) is 0 Å². The number of carbonyl (C=O) groups is 2. The molecule has 0 saturated heterocycles. The first-order valence-corrected chi connectivity index (χ1v) is 9.59. The fourth-order valence-electron chi connectivity index (χ4n) is 3.62. The quantitative estimate of drug-likeness (QED) is 0.637. The van der Waals surface area contributed by atoms with Crippen molar-refractivity contribution >= 4 is 28.5 Å². The molecule has 0 spiro atoms. The molecule has 1 amide bonds. The van der Waals surface area contributed by atoms with E-state index in [2.05, 4.69) is 0 Å². The maximum atomic E-state index is 12.9. The van der Waals surface area contributed by atoms with Gasteiger partial charge in [-0.05, 0) is 50.5 Å². The van der Waals surface area contributed by atoms with Crippen molar-refractivity contribution in [3.8, 4) is 0 Å².